The van der Waals surface area contributed by atoms with Crippen LogP contribution in [0.2, 0.25) is 0 Å². The van der Waals surface area contributed by atoms with Gasteiger partial charge >= 0.3 is 5.97 Å². The highest BCUT2D eigenvalue weighted by molar-refractivity contribution is 6.01. The molecule has 5 nitrogen and oxygen atoms in total. The van der Waals surface area contributed by atoms with Crippen LogP contribution >= 0.6 is 0 Å². The Morgan fingerprint density at radius 3 is 3.00 bits per heavy atom. The van der Waals surface area contributed by atoms with E-state index in [-0.39, 0.29) is 12.5 Å². The summed E-state index contributed by atoms with van der Waals surface area (Å²) < 4.78 is 4.57. The first-order valence-corrected chi connectivity index (χ1v) is 5.15. The molecule has 0 spiro atoms. The Hall–Kier alpha value is -2.30. The molecule has 3 N–H and O–H groups in total. The fourth-order valence-electron chi connectivity index (χ4n) is 1.61. The number of ether oxygens (including phenoxy) is 1. The van der Waals surface area contributed by atoms with Crippen molar-refractivity contribution in [2.75, 3.05) is 24.7 Å². The summed E-state index contributed by atoms with van der Waals surface area (Å²) >= 11 is 0. The van der Waals surface area contributed by atoms with Crippen LogP contribution in [0.3, 0.4) is 0 Å². The van der Waals surface area contributed by atoms with Crippen molar-refractivity contribution in [1.29, 1.82) is 0 Å². The van der Waals surface area contributed by atoms with Crippen LogP contribution in [0.5, 0.6) is 0 Å². The van der Waals surface area contributed by atoms with Crippen LogP contribution < -0.4 is 11.1 Å². The number of anilines is 2. The van der Waals surface area contributed by atoms with Gasteiger partial charge in [-0.1, -0.05) is 0 Å². The van der Waals surface area contributed by atoms with Crippen LogP contribution in [0.1, 0.15) is 0 Å². The van der Waals surface area contributed by atoms with E-state index >= 15 is 0 Å². The number of methoxy groups -OCH3 is 1. The van der Waals surface area contributed by atoms with Crippen LogP contribution in [0, 0.1) is 0 Å². The molecule has 5 heteroatoms. The Labute approximate surface area is 98.6 Å². The number of hydrogen-bond acceptors (Lipinski definition) is 5. The van der Waals surface area contributed by atoms with E-state index in [4.69, 9.17) is 5.73 Å². The molecule has 2 aromatic rings. The second-order valence-corrected chi connectivity index (χ2v) is 3.55. The molecule has 1 heterocycles. The molecule has 0 unspecified atom stereocenters. The Balaban J connectivity index is 2.35. The second-order valence-electron chi connectivity index (χ2n) is 3.55. The quantitative estimate of drug-likeness (QED) is 0.616. The molecule has 0 radical (unpaired) electrons. The lowest BCUT2D eigenvalue weighted by molar-refractivity contribution is -0.138. The van der Waals surface area contributed by atoms with Crippen molar-refractivity contribution in [1.82, 2.24) is 4.98 Å². The molecule has 1 aromatic carbocycles. The third kappa shape index (κ3) is 2.28. The van der Waals surface area contributed by atoms with Gasteiger partial charge in [-0.15, -0.1) is 0 Å². The minimum atomic E-state index is -0.320. The van der Waals surface area contributed by atoms with Crippen molar-refractivity contribution in [3.8, 4) is 0 Å². The number of nitrogens with two attached hydrogens (primary N) is 1. The first-order valence-electron chi connectivity index (χ1n) is 5.15. The lowest BCUT2D eigenvalue weighted by atomic mass is 10.1. The summed E-state index contributed by atoms with van der Waals surface area (Å²) in [5.74, 6) is -0.320. The standard InChI is InChI=1S/C12H13N3O2/c1-17-12(16)7-15-11-3-2-10(13)8-4-5-14-6-9(8)11/h2-6,15H,7,13H2,1H3. The van der Waals surface area contributed by atoms with Crippen LogP contribution in [-0.4, -0.2) is 24.6 Å². The number of fused-ring (bicyclic) bond motifs is 1. The summed E-state index contributed by atoms with van der Waals surface area (Å²) in [6.07, 6.45) is 3.40. The lowest BCUT2D eigenvalue weighted by Gasteiger charge is -2.09. The van der Waals surface area contributed by atoms with E-state index in [0.29, 0.717) is 5.69 Å². The number of carbonyl (C=O) groups is 1. The maximum absolute atomic E-state index is 11.1. The molecule has 0 aliphatic rings. The third-order valence-electron chi connectivity index (χ3n) is 2.50. The molecule has 88 valence electrons. The zero-order chi connectivity index (χ0) is 12.3. The van der Waals surface area contributed by atoms with E-state index in [9.17, 15) is 4.79 Å². The molecule has 17 heavy (non-hydrogen) atoms. The first-order chi connectivity index (χ1) is 8.22. The smallest absolute Gasteiger partial charge is 0.325 e. The van der Waals surface area contributed by atoms with Crippen molar-refractivity contribution in [2.45, 2.75) is 0 Å². The third-order valence-corrected chi connectivity index (χ3v) is 2.50. The van der Waals surface area contributed by atoms with Crippen molar-refractivity contribution in [3.63, 3.8) is 0 Å². The maximum Gasteiger partial charge on any atom is 0.325 e. The van der Waals surface area contributed by atoms with Gasteiger partial charge in [0.1, 0.15) is 6.54 Å². The Morgan fingerprint density at radius 1 is 1.41 bits per heavy atom. The summed E-state index contributed by atoms with van der Waals surface area (Å²) in [5, 5.41) is 4.79. The monoisotopic (exact) mass is 231 g/mol. The fourth-order valence-corrected chi connectivity index (χ4v) is 1.61. The molecule has 0 saturated heterocycles. The number of carbonyl (C=O) groups excluding carboxylic acids is 1. The number of nitrogen functional groups attached to an aromatic ring is 1. The average Bonchev–Trinajstić information content (AvgIpc) is 2.38. The molecule has 0 bridgehead atoms. The highest BCUT2D eigenvalue weighted by atomic mass is 16.5. The van der Waals surface area contributed by atoms with Gasteiger partial charge in [0.05, 0.1) is 7.11 Å². The summed E-state index contributed by atoms with van der Waals surface area (Å²) in [4.78, 5) is 15.1. The summed E-state index contributed by atoms with van der Waals surface area (Å²) in [7, 11) is 1.35. The minimum Gasteiger partial charge on any atom is -0.468 e. The van der Waals surface area contributed by atoms with Gasteiger partial charge in [0, 0.05) is 34.5 Å². The van der Waals surface area contributed by atoms with Crippen LogP contribution in [0.25, 0.3) is 10.8 Å². The van der Waals surface area contributed by atoms with Gasteiger partial charge in [-0.05, 0) is 18.2 Å². The molecular formula is C12H13N3O2. The van der Waals surface area contributed by atoms with E-state index in [2.05, 4.69) is 15.0 Å². The first kappa shape index (κ1) is 11.2. The van der Waals surface area contributed by atoms with Gasteiger partial charge in [-0.3, -0.25) is 9.78 Å². The van der Waals surface area contributed by atoms with Crippen molar-refractivity contribution < 1.29 is 9.53 Å². The Kier molecular flexibility index (Phi) is 3.09. The number of rotatable bonds is 3. The molecule has 0 aliphatic heterocycles. The summed E-state index contributed by atoms with van der Waals surface area (Å²) in [5.41, 5.74) is 7.36. The molecule has 1 aromatic heterocycles. The minimum absolute atomic E-state index is 0.115. The Morgan fingerprint density at radius 2 is 2.24 bits per heavy atom. The van der Waals surface area contributed by atoms with Crippen LogP contribution in [-0.2, 0) is 9.53 Å². The summed E-state index contributed by atoms with van der Waals surface area (Å²) in [6.45, 7) is 0.115. The lowest BCUT2D eigenvalue weighted by Crippen LogP contribution is -2.15. The van der Waals surface area contributed by atoms with E-state index in [1.54, 1.807) is 18.5 Å². The van der Waals surface area contributed by atoms with E-state index in [0.717, 1.165) is 16.5 Å². The van der Waals surface area contributed by atoms with Crippen LogP contribution in [0.4, 0.5) is 11.4 Å². The van der Waals surface area contributed by atoms with E-state index in [1.807, 2.05) is 12.1 Å². The topological polar surface area (TPSA) is 77.2 Å². The van der Waals surface area contributed by atoms with Gasteiger partial charge in [0.25, 0.3) is 0 Å². The van der Waals surface area contributed by atoms with Crippen molar-refractivity contribution in [3.05, 3.63) is 30.6 Å². The Bertz CT molecular complexity index is 554. The predicted molar refractivity (Wildman–Crippen MR) is 66.7 cm³/mol. The van der Waals surface area contributed by atoms with E-state index < -0.39 is 0 Å². The normalized spacial score (nSPS) is 10.2. The van der Waals surface area contributed by atoms with Gasteiger partial charge in [-0.25, -0.2) is 0 Å². The highest BCUT2D eigenvalue weighted by Crippen LogP contribution is 2.27. The van der Waals surface area contributed by atoms with Gasteiger partial charge in [-0.2, -0.15) is 0 Å². The number of nitrogens with zero attached hydrogens (tertiary/aromatic N) is 1. The predicted octanol–water partition coefficient (Wildman–Crippen LogP) is 1.40. The van der Waals surface area contributed by atoms with Gasteiger partial charge < -0.3 is 15.8 Å². The highest BCUT2D eigenvalue weighted by Gasteiger charge is 2.05. The van der Waals surface area contributed by atoms with Crippen molar-refractivity contribution in [2.24, 2.45) is 0 Å². The van der Waals surface area contributed by atoms with Crippen molar-refractivity contribution >= 4 is 28.1 Å². The number of hydrogen-bond donors (Lipinski definition) is 2. The van der Waals surface area contributed by atoms with Crippen LogP contribution in [0.15, 0.2) is 30.6 Å². The zero-order valence-corrected chi connectivity index (χ0v) is 9.43. The zero-order valence-electron chi connectivity index (χ0n) is 9.43. The summed E-state index contributed by atoms with van der Waals surface area (Å²) in [6, 6.07) is 5.46. The average molecular weight is 231 g/mol. The van der Waals surface area contributed by atoms with Gasteiger partial charge in [0.15, 0.2) is 0 Å². The number of aromatic nitrogens is 1. The largest absolute Gasteiger partial charge is 0.468 e. The molecule has 0 atom stereocenters. The molecule has 0 amide bonds. The number of esters is 1. The maximum atomic E-state index is 11.1. The number of pyridine rings is 1. The molecular weight excluding hydrogens is 218 g/mol. The fraction of sp³-hybridized carbons (Fsp3) is 0.167. The second kappa shape index (κ2) is 4.69. The molecule has 0 aliphatic carbocycles. The SMILES string of the molecule is COC(=O)CNc1ccc(N)c2ccncc12. The number of nitrogens with one attached hydrogen (secondary N) is 1. The number of benzene rings is 1. The van der Waals surface area contributed by atoms with Gasteiger partial charge in [0.2, 0.25) is 0 Å². The molecule has 2 rings (SSSR count). The molecule has 0 saturated carbocycles. The molecule has 0 fully saturated rings. The van der Waals surface area contributed by atoms with E-state index in [1.165, 1.54) is 7.11 Å².